The van der Waals surface area contributed by atoms with Gasteiger partial charge in [0.1, 0.15) is 43.2 Å². The van der Waals surface area contributed by atoms with Gasteiger partial charge in [-0.2, -0.15) is 0 Å². The Balaban J connectivity index is 2.53. The number of ether oxygens (including phenoxy) is 2. The Bertz CT molecular complexity index is 1180. The van der Waals surface area contributed by atoms with Crippen LogP contribution in [0.15, 0.2) is 36.5 Å². The first kappa shape index (κ1) is 55.1. The van der Waals surface area contributed by atoms with Crippen LogP contribution in [0.25, 0.3) is 0 Å². The molecule has 6 unspecified atom stereocenters. The molecule has 0 radical (unpaired) electrons. The number of unbranched alkanes of at least 4 members (excludes halogenated alkanes) is 19. The fourth-order valence-electron chi connectivity index (χ4n) is 6.77. The maximum absolute atomic E-state index is 12.8. The zero-order chi connectivity index (χ0) is 43.6. The van der Waals surface area contributed by atoms with Gasteiger partial charge in [-0.3, -0.25) is 18.6 Å². The lowest BCUT2D eigenvalue weighted by atomic mass is 9.85. The zero-order valence-electron chi connectivity index (χ0n) is 36.3. The van der Waals surface area contributed by atoms with E-state index in [2.05, 4.69) is 32.1 Å². The van der Waals surface area contributed by atoms with Gasteiger partial charge < -0.3 is 39.9 Å². The third-order valence-electron chi connectivity index (χ3n) is 10.5. The van der Waals surface area contributed by atoms with E-state index in [4.69, 9.17) is 18.5 Å². The van der Waals surface area contributed by atoms with E-state index in [1.165, 1.54) is 116 Å². The molecule has 13 nitrogen and oxygen atoms in total. The molecule has 0 aromatic carbocycles. The monoisotopic (exact) mass is 861 g/mol. The second kappa shape index (κ2) is 35.6. The average molecular weight is 861 g/mol. The minimum atomic E-state index is -5.14. The standard InChI is InChI=1S/C45H81O13P/c1-3-5-7-9-11-13-15-17-19-21-23-25-27-29-31-33-38(46)55-35-37(36-56-59(53,54)58-45-43(51)41(49)40(48)42(50)44(45)52)57-39(47)34-32-30-28-26-24-22-20-18-16-14-12-10-8-6-4-2/h22,24,27-30,37,40-45,48-52H,3-21,23,25-26,31-36H2,1-2H3,(H,53,54). The molecule has 0 saturated heterocycles. The van der Waals surface area contributed by atoms with Crippen molar-refractivity contribution in [3.05, 3.63) is 36.5 Å². The number of carbonyl (C=O) groups excluding carboxylic acids is 2. The van der Waals surface area contributed by atoms with E-state index in [9.17, 15) is 44.6 Å². The molecule has 1 aliphatic carbocycles. The number of phosphoric acid groups is 1. The van der Waals surface area contributed by atoms with Crippen LogP contribution in [0.4, 0.5) is 0 Å². The number of esters is 2. The van der Waals surface area contributed by atoms with Crippen molar-refractivity contribution < 1.29 is 63.1 Å². The van der Waals surface area contributed by atoms with Gasteiger partial charge in [0.15, 0.2) is 6.10 Å². The van der Waals surface area contributed by atoms with Crippen molar-refractivity contribution in [3.8, 4) is 0 Å². The molecule has 1 rings (SSSR count). The molecule has 1 aliphatic rings. The summed E-state index contributed by atoms with van der Waals surface area (Å²) in [5, 5.41) is 50.1. The van der Waals surface area contributed by atoms with Gasteiger partial charge in [0.05, 0.1) is 6.61 Å². The van der Waals surface area contributed by atoms with Crippen LogP contribution in [0.2, 0.25) is 0 Å². The Morgan fingerprint density at radius 2 is 0.915 bits per heavy atom. The highest BCUT2D eigenvalue weighted by Gasteiger charge is 2.51. The van der Waals surface area contributed by atoms with Crippen LogP contribution in [-0.4, -0.2) is 98.3 Å². The molecule has 0 aromatic rings. The molecule has 0 amide bonds. The quantitative estimate of drug-likeness (QED) is 0.0150. The lowest BCUT2D eigenvalue weighted by Gasteiger charge is -2.41. The van der Waals surface area contributed by atoms with Crippen molar-refractivity contribution in [3.63, 3.8) is 0 Å². The van der Waals surface area contributed by atoms with Crippen LogP contribution < -0.4 is 0 Å². The van der Waals surface area contributed by atoms with Crippen LogP contribution in [0, 0.1) is 0 Å². The van der Waals surface area contributed by atoms with Crippen LogP contribution in [-0.2, 0) is 32.7 Å². The van der Waals surface area contributed by atoms with E-state index < -0.39 is 75.7 Å². The van der Waals surface area contributed by atoms with E-state index in [0.717, 1.165) is 25.7 Å². The molecule has 0 spiro atoms. The largest absolute Gasteiger partial charge is 0.472 e. The van der Waals surface area contributed by atoms with Crippen molar-refractivity contribution in [2.75, 3.05) is 13.2 Å². The van der Waals surface area contributed by atoms with Crippen LogP contribution in [0.5, 0.6) is 0 Å². The van der Waals surface area contributed by atoms with Crippen molar-refractivity contribution in [2.45, 2.75) is 224 Å². The molecule has 59 heavy (non-hydrogen) atoms. The highest BCUT2D eigenvalue weighted by atomic mass is 31.2. The number of hydrogen-bond acceptors (Lipinski definition) is 12. The molecule has 1 saturated carbocycles. The van der Waals surface area contributed by atoms with Gasteiger partial charge in [0.25, 0.3) is 0 Å². The van der Waals surface area contributed by atoms with Gasteiger partial charge in [0.2, 0.25) is 0 Å². The molecule has 6 N–H and O–H groups in total. The number of carbonyl (C=O) groups is 2. The van der Waals surface area contributed by atoms with Crippen LogP contribution >= 0.6 is 7.82 Å². The Hall–Kier alpha value is -1.93. The Morgan fingerprint density at radius 1 is 0.525 bits per heavy atom. The summed E-state index contributed by atoms with van der Waals surface area (Å²) < 4.78 is 33.4. The second-order valence-electron chi connectivity index (χ2n) is 15.9. The predicted molar refractivity (Wildman–Crippen MR) is 230 cm³/mol. The number of allylic oxidation sites excluding steroid dienone is 6. The minimum absolute atomic E-state index is 0.0152. The van der Waals surface area contributed by atoms with Crippen molar-refractivity contribution in [1.82, 2.24) is 0 Å². The fourth-order valence-corrected chi connectivity index (χ4v) is 7.74. The van der Waals surface area contributed by atoms with Crippen molar-refractivity contribution in [1.29, 1.82) is 0 Å². The fraction of sp³-hybridized carbons (Fsp3) is 0.822. The highest BCUT2D eigenvalue weighted by molar-refractivity contribution is 7.47. The number of hydrogen-bond donors (Lipinski definition) is 6. The summed E-state index contributed by atoms with van der Waals surface area (Å²) in [4.78, 5) is 35.6. The topological polar surface area (TPSA) is 210 Å². The van der Waals surface area contributed by atoms with Crippen LogP contribution in [0.1, 0.15) is 181 Å². The molecule has 344 valence electrons. The Morgan fingerprint density at radius 3 is 1.41 bits per heavy atom. The third-order valence-corrected chi connectivity index (χ3v) is 11.5. The van der Waals surface area contributed by atoms with E-state index >= 15 is 0 Å². The smallest absolute Gasteiger partial charge is 0.462 e. The van der Waals surface area contributed by atoms with E-state index in [-0.39, 0.29) is 12.8 Å². The van der Waals surface area contributed by atoms with E-state index in [1.54, 1.807) is 0 Å². The lowest BCUT2D eigenvalue weighted by molar-refractivity contribution is -0.220. The second-order valence-corrected chi connectivity index (χ2v) is 17.3. The van der Waals surface area contributed by atoms with Crippen molar-refractivity contribution >= 4 is 19.8 Å². The number of rotatable bonds is 37. The van der Waals surface area contributed by atoms with Gasteiger partial charge >= 0.3 is 19.8 Å². The van der Waals surface area contributed by atoms with E-state index in [0.29, 0.717) is 12.8 Å². The normalized spacial score (nSPS) is 22.6. The lowest BCUT2D eigenvalue weighted by Crippen LogP contribution is -2.64. The maximum atomic E-state index is 12.8. The van der Waals surface area contributed by atoms with Crippen molar-refractivity contribution in [2.24, 2.45) is 0 Å². The molecular formula is C45H81O13P. The molecule has 0 bridgehead atoms. The van der Waals surface area contributed by atoms with Gasteiger partial charge in [-0.25, -0.2) is 4.57 Å². The van der Waals surface area contributed by atoms with E-state index in [1.807, 2.05) is 18.2 Å². The number of aliphatic hydroxyl groups is 5. The number of aliphatic hydroxyl groups excluding tert-OH is 5. The molecular weight excluding hydrogens is 779 g/mol. The minimum Gasteiger partial charge on any atom is -0.462 e. The summed E-state index contributed by atoms with van der Waals surface area (Å²) in [6, 6.07) is 0. The maximum Gasteiger partial charge on any atom is 0.472 e. The Labute approximate surface area is 355 Å². The van der Waals surface area contributed by atoms with Gasteiger partial charge in [0, 0.05) is 12.8 Å². The summed E-state index contributed by atoms with van der Waals surface area (Å²) >= 11 is 0. The summed E-state index contributed by atoms with van der Waals surface area (Å²) in [7, 11) is -5.14. The molecule has 0 heterocycles. The number of phosphoric ester groups is 1. The first-order valence-electron chi connectivity index (χ1n) is 22.8. The van der Waals surface area contributed by atoms with Gasteiger partial charge in [-0.15, -0.1) is 0 Å². The Kier molecular flexibility index (Phi) is 33.3. The first-order valence-corrected chi connectivity index (χ1v) is 24.3. The highest BCUT2D eigenvalue weighted by Crippen LogP contribution is 2.47. The summed E-state index contributed by atoms with van der Waals surface area (Å²) in [5.74, 6) is -1.23. The average Bonchev–Trinajstić information content (AvgIpc) is 3.21. The zero-order valence-corrected chi connectivity index (χ0v) is 37.2. The van der Waals surface area contributed by atoms with Crippen LogP contribution in [0.3, 0.4) is 0 Å². The van der Waals surface area contributed by atoms with Gasteiger partial charge in [-0.05, 0) is 44.9 Å². The molecule has 0 aliphatic heterocycles. The third kappa shape index (κ3) is 28.3. The molecule has 6 atom stereocenters. The predicted octanol–water partition coefficient (Wildman–Crippen LogP) is 8.61. The summed E-state index contributed by atoms with van der Waals surface area (Å²) in [6.07, 6.45) is 26.6. The molecule has 0 aromatic heterocycles. The van der Waals surface area contributed by atoms with Gasteiger partial charge in [-0.1, -0.05) is 159 Å². The summed E-state index contributed by atoms with van der Waals surface area (Å²) in [6.45, 7) is 3.21. The molecule has 1 fully saturated rings. The SMILES string of the molecule is CCCCCCCCCCC=CCC=CCCC(=O)OC(COC(=O)CCC=CCCCCCCCCCCCCC)COP(=O)(O)OC1C(O)C(O)C(O)C(O)C1O. The first-order chi connectivity index (χ1) is 28.4. The summed E-state index contributed by atoms with van der Waals surface area (Å²) in [5.41, 5.74) is 0. The molecule has 14 heteroatoms.